The molecule has 3 aromatic rings. The summed E-state index contributed by atoms with van der Waals surface area (Å²) in [5, 5.41) is 10.9. The number of para-hydroxylation sites is 1. The van der Waals surface area contributed by atoms with Crippen molar-refractivity contribution in [1.82, 2.24) is 0 Å². The molecule has 18 heavy (non-hydrogen) atoms. The first-order valence-electron chi connectivity index (χ1n) is 6.03. The number of benzene rings is 2. The van der Waals surface area contributed by atoms with Crippen molar-refractivity contribution in [1.29, 1.82) is 0 Å². The van der Waals surface area contributed by atoms with Crippen molar-refractivity contribution in [3.8, 4) is 5.75 Å². The molecule has 92 valence electrons. The Morgan fingerprint density at radius 3 is 2.72 bits per heavy atom. The third-order valence-corrected chi connectivity index (χ3v) is 2.92. The molecular weight excluding hydrogens is 228 g/mol. The number of ether oxygens (including phenoxy) is 1. The fourth-order valence-corrected chi connectivity index (χ4v) is 2.05. The van der Waals surface area contributed by atoms with Crippen LogP contribution in [0.3, 0.4) is 0 Å². The van der Waals surface area contributed by atoms with Crippen LogP contribution in [-0.2, 0) is 0 Å². The Morgan fingerprint density at radius 2 is 1.83 bits per heavy atom. The van der Waals surface area contributed by atoms with Crippen LogP contribution in [0, 0.1) is 0 Å². The summed E-state index contributed by atoms with van der Waals surface area (Å²) >= 11 is 0. The van der Waals surface area contributed by atoms with Gasteiger partial charge in [0.15, 0.2) is 0 Å². The maximum atomic E-state index is 8.73. The summed E-state index contributed by atoms with van der Waals surface area (Å²) < 4.78 is 11.3. The summed E-state index contributed by atoms with van der Waals surface area (Å²) in [5.74, 6) is 0.808. The molecule has 0 atom stereocenters. The summed E-state index contributed by atoms with van der Waals surface area (Å²) in [6.07, 6.45) is 0.643. The van der Waals surface area contributed by atoms with Crippen molar-refractivity contribution in [2.24, 2.45) is 0 Å². The van der Waals surface area contributed by atoms with Crippen molar-refractivity contribution in [2.45, 2.75) is 6.42 Å². The van der Waals surface area contributed by atoms with Gasteiger partial charge in [0.05, 0.1) is 6.61 Å². The molecule has 3 heteroatoms. The van der Waals surface area contributed by atoms with E-state index < -0.39 is 0 Å². The largest absolute Gasteiger partial charge is 0.493 e. The van der Waals surface area contributed by atoms with Gasteiger partial charge in [0.1, 0.15) is 16.9 Å². The van der Waals surface area contributed by atoms with E-state index in [1.807, 2.05) is 42.5 Å². The van der Waals surface area contributed by atoms with Crippen LogP contribution in [-0.4, -0.2) is 18.3 Å². The molecule has 1 heterocycles. The average Bonchev–Trinajstić information content (AvgIpc) is 2.77. The standard InChI is InChI=1S/C15H14O3/c16-8-3-9-17-11-6-7-15-13(10-11)12-4-1-2-5-14(12)18-15/h1-2,4-7,10,16H,3,8-9H2. The number of hydrogen-bond acceptors (Lipinski definition) is 3. The second-order valence-corrected chi connectivity index (χ2v) is 4.18. The Kier molecular flexibility index (Phi) is 2.90. The predicted molar refractivity (Wildman–Crippen MR) is 70.9 cm³/mol. The van der Waals surface area contributed by atoms with Gasteiger partial charge in [-0.2, -0.15) is 0 Å². The van der Waals surface area contributed by atoms with Crippen molar-refractivity contribution in [3.05, 3.63) is 42.5 Å². The lowest BCUT2D eigenvalue weighted by atomic mass is 10.1. The minimum atomic E-state index is 0.150. The van der Waals surface area contributed by atoms with Crippen LogP contribution in [0.2, 0.25) is 0 Å². The molecule has 0 fully saturated rings. The van der Waals surface area contributed by atoms with Crippen molar-refractivity contribution in [2.75, 3.05) is 13.2 Å². The normalized spacial score (nSPS) is 11.2. The molecule has 0 saturated carbocycles. The van der Waals surface area contributed by atoms with E-state index in [2.05, 4.69) is 0 Å². The van der Waals surface area contributed by atoms with Crippen LogP contribution >= 0.6 is 0 Å². The average molecular weight is 242 g/mol. The molecule has 1 N–H and O–H groups in total. The minimum absolute atomic E-state index is 0.150. The quantitative estimate of drug-likeness (QED) is 0.713. The van der Waals surface area contributed by atoms with E-state index >= 15 is 0 Å². The number of rotatable bonds is 4. The number of aliphatic hydroxyl groups is 1. The molecule has 0 unspecified atom stereocenters. The van der Waals surface area contributed by atoms with Crippen LogP contribution < -0.4 is 4.74 Å². The zero-order chi connectivity index (χ0) is 12.4. The highest BCUT2D eigenvalue weighted by molar-refractivity contribution is 6.05. The monoisotopic (exact) mass is 242 g/mol. The lowest BCUT2D eigenvalue weighted by molar-refractivity contribution is 0.233. The van der Waals surface area contributed by atoms with Crippen LogP contribution in [0.1, 0.15) is 6.42 Å². The van der Waals surface area contributed by atoms with E-state index in [1.165, 1.54) is 0 Å². The first-order chi connectivity index (χ1) is 8.88. The topological polar surface area (TPSA) is 42.6 Å². The SMILES string of the molecule is OCCCOc1ccc2oc3ccccc3c2c1. The zero-order valence-corrected chi connectivity index (χ0v) is 9.93. The molecule has 0 bridgehead atoms. The smallest absolute Gasteiger partial charge is 0.135 e. The molecule has 0 spiro atoms. The maximum absolute atomic E-state index is 8.73. The Labute approximate surface area is 105 Å². The summed E-state index contributed by atoms with van der Waals surface area (Å²) in [6.45, 7) is 0.675. The number of aliphatic hydroxyl groups excluding tert-OH is 1. The van der Waals surface area contributed by atoms with Crippen LogP contribution in [0.25, 0.3) is 21.9 Å². The van der Waals surface area contributed by atoms with Gasteiger partial charge in [-0.05, 0) is 24.3 Å². The van der Waals surface area contributed by atoms with Gasteiger partial charge in [-0.1, -0.05) is 18.2 Å². The van der Waals surface area contributed by atoms with Gasteiger partial charge in [-0.15, -0.1) is 0 Å². The van der Waals surface area contributed by atoms with E-state index in [9.17, 15) is 0 Å². The highest BCUT2D eigenvalue weighted by Gasteiger charge is 2.07. The summed E-state index contributed by atoms with van der Waals surface area (Å²) in [4.78, 5) is 0. The second kappa shape index (κ2) is 4.70. The Balaban J connectivity index is 2.02. The van der Waals surface area contributed by atoms with E-state index in [0.29, 0.717) is 13.0 Å². The number of hydrogen-bond donors (Lipinski definition) is 1. The highest BCUT2D eigenvalue weighted by Crippen LogP contribution is 2.31. The molecule has 3 rings (SSSR count). The molecule has 0 aliphatic rings. The lowest BCUT2D eigenvalue weighted by Gasteiger charge is -2.04. The summed E-state index contributed by atoms with van der Waals surface area (Å²) in [7, 11) is 0. The molecule has 0 aliphatic heterocycles. The van der Waals surface area contributed by atoms with Crippen LogP contribution in [0.5, 0.6) is 5.75 Å². The van der Waals surface area contributed by atoms with Crippen molar-refractivity contribution < 1.29 is 14.3 Å². The van der Waals surface area contributed by atoms with Gasteiger partial charge in [0, 0.05) is 23.8 Å². The van der Waals surface area contributed by atoms with E-state index in [0.717, 1.165) is 27.7 Å². The predicted octanol–water partition coefficient (Wildman–Crippen LogP) is 3.35. The Morgan fingerprint density at radius 1 is 1.00 bits per heavy atom. The first-order valence-corrected chi connectivity index (χ1v) is 6.03. The fraction of sp³-hybridized carbons (Fsp3) is 0.200. The lowest BCUT2D eigenvalue weighted by Crippen LogP contribution is -1.99. The molecule has 0 amide bonds. The Hall–Kier alpha value is -2.00. The fourth-order valence-electron chi connectivity index (χ4n) is 2.05. The summed E-state index contributed by atoms with van der Waals surface area (Å²) in [6, 6.07) is 13.8. The van der Waals surface area contributed by atoms with E-state index in [1.54, 1.807) is 0 Å². The Bertz CT molecular complexity index is 670. The van der Waals surface area contributed by atoms with Gasteiger partial charge in [0.25, 0.3) is 0 Å². The third-order valence-electron chi connectivity index (χ3n) is 2.92. The first kappa shape index (κ1) is 11.1. The number of furan rings is 1. The molecule has 0 aliphatic carbocycles. The van der Waals surface area contributed by atoms with Gasteiger partial charge in [-0.3, -0.25) is 0 Å². The maximum Gasteiger partial charge on any atom is 0.135 e. The molecule has 1 aromatic heterocycles. The van der Waals surface area contributed by atoms with Crippen molar-refractivity contribution >= 4 is 21.9 Å². The van der Waals surface area contributed by atoms with E-state index in [-0.39, 0.29) is 6.61 Å². The van der Waals surface area contributed by atoms with Gasteiger partial charge in [0.2, 0.25) is 0 Å². The molecule has 0 saturated heterocycles. The summed E-state index contributed by atoms with van der Waals surface area (Å²) in [5.41, 5.74) is 1.76. The molecule has 3 nitrogen and oxygen atoms in total. The highest BCUT2D eigenvalue weighted by atomic mass is 16.5. The number of fused-ring (bicyclic) bond motifs is 3. The van der Waals surface area contributed by atoms with Crippen molar-refractivity contribution in [3.63, 3.8) is 0 Å². The van der Waals surface area contributed by atoms with Gasteiger partial charge < -0.3 is 14.3 Å². The van der Waals surface area contributed by atoms with Crippen LogP contribution in [0.15, 0.2) is 46.9 Å². The molecular formula is C15H14O3. The minimum Gasteiger partial charge on any atom is -0.493 e. The van der Waals surface area contributed by atoms with Crippen LogP contribution in [0.4, 0.5) is 0 Å². The molecule has 0 radical (unpaired) electrons. The van der Waals surface area contributed by atoms with Gasteiger partial charge in [-0.25, -0.2) is 0 Å². The van der Waals surface area contributed by atoms with E-state index in [4.69, 9.17) is 14.3 Å². The van der Waals surface area contributed by atoms with Gasteiger partial charge >= 0.3 is 0 Å². The third kappa shape index (κ3) is 1.93. The second-order valence-electron chi connectivity index (χ2n) is 4.18. The molecule has 2 aromatic carbocycles. The zero-order valence-electron chi connectivity index (χ0n) is 9.93.